The van der Waals surface area contributed by atoms with Crippen LogP contribution in [0.2, 0.25) is 0 Å². The van der Waals surface area contributed by atoms with Crippen molar-refractivity contribution in [3.63, 3.8) is 0 Å². The fraction of sp³-hybridized carbons (Fsp3) is 0.667. The Balaban J connectivity index is 2.25. The van der Waals surface area contributed by atoms with Gasteiger partial charge in [-0.25, -0.2) is 0 Å². The lowest BCUT2D eigenvalue weighted by Gasteiger charge is -2.22. The number of aromatic nitrogens is 2. The van der Waals surface area contributed by atoms with E-state index in [1.165, 1.54) is 0 Å². The Morgan fingerprint density at radius 3 is 3.00 bits per heavy atom. The van der Waals surface area contributed by atoms with Gasteiger partial charge in [-0.05, 0) is 12.8 Å². The Bertz CT molecular complexity index is 337. The van der Waals surface area contributed by atoms with E-state index in [1.807, 2.05) is 13.8 Å². The zero-order valence-electron chi connectivity index (χ0n) is 9.38. The van der Waals surface area contributed by atoms with E-state index < -0.39 is 0 Å². The summed E-state index contributed by atoms with van der Waals surface area (Å²) in [5.41, 5.74) is 7.07. The van der Waals surface area contributed by atoms with E-state index in [0.29, 0.717) is 0 Å². The van der Waals surface area contributed by atoms with E-state index in [9.17, 15) is 0 Å². The van der Waals surface area contributed by atoms with Crippen molar-refractivity contribution < 1.29 is 5.21 Å². The molecule has 0 spiro atoms. The molecule has 16 heavy (non-hydrogen) atoms. The van der Waals surface area contributed by atoms with E-state index >= 15 is 0 Å². The Kier molecular flexibility index (Phi) is 5.01. The van der Waals surface area contributed by atoms with Crippen LogP contribution in [0.1, 0.15) is 26.7 Å². The summed E-state index contributed by atoms with van der Waals surface area (Å²) in [5, 5.41) is 19.4. The van der Waals surface area contributed by atoms with Crippen LogP contribution in [0.5, 0.6) is 0 Å². The summed E-state index contributed by atoms with van der Waals surface area (Å²) < 4.78 is 0.988. The van der Waals surface area contributed by atoms with Gasteiger partial charge in [0.05, 0.1) is 0 Å². The second kappa shape index (κ2) is 6.05. The first-order chi connectivity index (χ1) is 7.56. The molecule has 0 fully saturated rings. The van der Waals surface area contributed by atoms with Crippen LogP contribution in [0.3, 0.4) is 0 Å². The van der Waals surface area contributed by atoms with Gasteiger partial charge in [-0.15, -0.1) is 10.2 Å². The molecule has 0 saturated carbocycles. The van der Waals surface area contributed by atoms with Gasteiger partial charge < -0.3 is 10.9 Å². The van der Waals surface area contributed by atoms with Crippen molar-refractivity contribution in [3.05, 3.63) is 5.51 Å². The summed E-state index contributed by atoms with van der Waals surface area (Å²) in [6, 6.07) is 0. The highest BCUT2D eigenvalue weighted by molar-refractivity contribution is 8.00. The number of thioether (sulfide) groups is 1. The Morgan fingerprint density at radius 1 is 1.69 bits per heavy atom. The molecule has 0 aliphatic heterocycles. The van der Waals surface area contributed by atoms with Gasteiger partial charge in [0.15, 0.2) is 4.34 Å². The SMILES string of the molecule is CC(C)(CCCSc1nncs1)C(N)=NO. The fourth-order valence-corrected chi connectivity index (χ4v) is 2.66. The second-order valence-corrected chi connectivity index (χ2v) is 6.20. The molecule has 0 atom stereocenters. The minimum atomic E-state index is -0.254. The van der Waals surface area contributed by atoms with Gasteiger partial charge >= 0.3 is 0 Å². The summed E-state index contributed by atoms with van der Waals surface area (Å²) >= 11 is 3.23. The molecular formula is C9H16N4OS2. The van der Waals surface area contributed by atoms with Crippen molar-refractivity contribution in [1.29, 1.82) is 0 Å². The van der Waals surface area contributed by atoms with Crippen LogP contribution in [0.15, 0.2) is 15.0 Å². The van der Waals surface area contributed by atoms with Gasteiger partial charge in [-0.1, -0.05) is 42.1 Å². The van der Waals surface area contributed by atoms with Gasteiger partial charge in [-0.3, -0.25) is 0 Å². The summed E-state index contributed by atoms with van der Waals surface area (Å²) in [6.45, 7) is 3.94. The molecule has 1 aromatic heterocycles. The van der Waals surface area contributed by atoms with Crippen LogP contribution in [0, 0.1) is 5.41 Å². The molecule has 0 aliphatic rings. The number of nitrogens with two attached hydrogens (primary N) is 1. The molecule has 0 unspecified atom stereocenters. The summed E-state index contributed by atoms with van der Waals surface area (Å²) in [7, 11) is 0. The quantitative estimate of drug-likeness (QED) is 0.204. The summed E-state index contributed by atoms with van der Waals surface area (Å²) in [4.78, 5) is 0. The average Bonchev–Trinajstić information content (AvgIpc) is 2.76. The molecular weight excluding hydrogens is 244 g/mol. The normalized spacial score (nSPS) is 13.0. The van der Waals surface area contributed by atoms with Gasteiger partial charge in [0, 0.05) is 11.2 Å². The van der Waals surface area contributed by atoms with Gasteiger partial charge in [0.1, 0.15) is 11.3 Å². The highest BCUT2D eigenvalue weighted by atomic mass is 32.2. The van der Waals surface area contributed by atoms with Crippen molar-refractivity contribution in [3.8, 4) is 0 Å². The first-order valence-electron chi connectivity index (χ1n) is 4.93. The Hall–Kier alpha value is -0.820. The van der Waals surface area contributed by atoms with Crippen LogP contribution in [0.25, 0.3) is 0 Å². The molecule has 0 bridgehead atoms. The van der Waals surface area contributed by atoms with E-state index in [-0.39, 0.29) is 11.3 Å². The molecule has 7 heteroatoms. The predicted molar refractivity (Wildman–Crippen MR) is 67.1 cm³/mol. The first kappa shape index (κ1) is 13.2. The van der Waals surface area contributed by atoms with Crippen molar-refractivity contribution in [2.24, 2.45) is 16.3 Å². The van der Waals surface area contributed by atoms with Gasteiger partial charge in [0.2, 0.25) is 0 Å². The molecule has 3 N–H and O–H groups in total. The Labute approximate surface area is 103 Å². The van der Waals surface area contributed by atoms with Crippen LogP contribution in [0.4, 0.5) is 0 Å². The number of amidine groups is 1. The zero-order valence-corrected chi connectivity index (χ0v) is 11.0. The summed E-state index contributed by atoms with van der Waals surface area (Å²) in [6.07, 6.45) is 1.88. The summed E-state index contributed by atoms with van der Waals surface area (Å²) in [5.74, 6) is 1.26. The molecule has 0 aromatic carbocycles. The standard InChI is InChI=1S/C9H16N4OS2/c1-9(2,7(10)13-14)4-3-5-15-8-12-11-6-16-8/h6,14H,3-5H2,1-2H3,(H2,10,13). The highest BCUT2D eigenvalue weighted by Crippen LogP contribution is 2.26. The number of hydrogen-bond acceptors (Lipinski definition) is 6. The van der Waals surface area contributed by atoms with Crippen LogP contribution < -0.4 is 5.73 Å². The number of hydrogen-bond donors (Lipinski definition) is 2. The first-order valence-corrected chi connectivity index (χ1v) is 6.80. The van der Waals surface area contributed by atoms with Crippen LogP contribution in [-0.4, -0.2) is 27.0 Å². The smallest absolute Gasteiger partial charge is 0.174 e. The van der Waals surface area contributed by atoms with Gasteiger partial charge in [0.25, 0.3) is 0 Å². The largest absolute Gasteiger partial charge is 0.409 e. The number of rotatable bonds is 6. The van der Waals surface area contributed by atoms with E-state index in [0.717, 1.165) is 22.9 Å². The molecule has 0 aliphatic carbocycles. The lowest BCUT2D eigenvalue weighted by atomic mass is 9.87. The molecule has 0 radical (unpaired) electrons. The third-order valence-corrected chi connectivity index (χ3v) is 4.26. The third kappa shape index (κ3) is 3.97. The van der Waals surface area contributed by atoms with Crippen LogP contribution >= 0.6 is 23.1 Å². The Morgan fingerprint density at radius 2 is 2.44 bits per heavy atom. The van der Waals surface area contributed by atoms with Crippen molar-refractivity contribution in [2.75, 3.05) is 5.75 Å². The fourth-order valence-electron chi connectivity index (χ4n) is 1.16. The maximum atomic E-state index is 8.62. The number of nitrogens with zero attached hydrogens (tertiary/aromatic N) is 3. The third-order valence-electron chi connectivity index (χ3n) is 2.31. The molecule has 1 rings (SSSR count). The van der Waals surface area contributed by atoms with E-state index in [4.69, 9.17) is 10.9 Å². The van der Waals surface area contributed by atoms with Crippen molar-refractivity contribution in [1.82, 2.24) is 10.2 Å². The molecule has 1 heterocycles. The van der Waals surface area contributed by atoms with Crippen LogP contribution in [-0.2, 0) is 0 Å². The van der Waals surface area contributed by atoms with Gasteiger partial charge in [-0.2, -0.15) is 0 Å². The topological polar surface area (TPSA) is 84.4 Å². The van der Waals surface area contributed by atoms with E-state index in [1.54, 1.807) is 28.6 Å². The predicted octanol–water partition coefficient (Wildman–Crippen LogP) is 2.18. The molecule has 0 saturated heterocycles. The maximum absolute atomic E-state index is 8.62. The second-order valence-electron chi connectivity index (χ2n) is 4.03. The zero-order chi connectivity index (χ0) is 12.0. The highest BCUT2D eigenvalue weighted by Gasteiger charge is 2.22. The molecule has 5 nitrogen and oxygen atoms in total. The minimum absolute atomic E-state index is 0.254. The average molecular weight is 260 g/mol. The molecule has 90 valence electrons. The van der Waals surface area contributed by atoms with E-state index in [2.05, 4.69) is 15.4 Å². The monoisotopic (exact) mass is 260 g/mol. The van der Waals surface area contributed by atoms with Crippen molar-refractivity contribution in [2.45, 2.75) is 31.0 Å². The lowest BCUT2D eigenvalue weighted by Crippen LogP contribution is -2.31. The number of oxime groups is 1. The molecule has 0 amide bonds. The maximum Gasteiger partial charge on any atom is 0.174 e. The minimum Gasteiger partial charge on any atom is -0.409 e. The lowest BCUT2D eigenvalue weighted by molar-refractivity contribution is 0.305. The molecule has 1 aromatic rings. The van der Waals surface area contributed by atoms with Crippen molar-refractivity contribution >= 4 is 28.9 Å².